The zero-order valence-electron chi connectivity index (χ0n) is 12.9. The van der Waals surface area contributed by atoms with Crippen molar-refractivity contribution in [3.63, 3.8) is 0 Å². The van der Waals surface area contributed by atoms with Crippen LogP contribution in [-0.4, -0.2) is 30.1 Å². The van der Waals surface area contributed by atoms with E-state index >= 15 is 0 Å². The second-order valence-corrected chi connectivity index (χ2v) is 6.15. The van der Waals surface area contributed by atoms with E-state index in [4.69, 9.17) is 0 Å². The smallest absolute Gasteiger partial charge is 0.0237 e. The average Bonchev–Trinajstić information content (AvgIpc) is 2.53. The van der Waals surface area contributed by atoms with Crippen LogP contribution in [0.25, 0.3) is 11.1 Å². The summed E-state index contributed by atoms with van der Waals surface area (Å²) in [5, 5.41) is 3.54. The van der Waals surface area contributed by atoms with Crippen LogP contribution in [0.3, 0.4) is 0 Å². The Bertz CT molecular complexity index is 562. The fourth-order valence-electron chi connectivity index (χ4n) is 2.99. The van der Waals surface area contributed by atoms with E-state index in [1.165, 1.54) is 16.7 Å². The fraction of sp³-hybridized carbons (Fsp3) is 0.368. The third-order valence-corrected chi connectivity index (χ3v) is 4.34. The minimum absolute atomic E-state index is 0.588. The quantitative estimate of drug-likeness (QED) is 0.925. The Balaban J connectivity index is 1.70. The molecule has 0 spiro atoms. The van der Waals surface area contributed by atoms with Gasteiger partial charge in [0.2, 0.25) is 0 Å². The van der Waals surface area contributed by atoms with Crippen LogP contribution in [0.15, 0.2) is 54.6 Å². The first-order valence-corrected chi connectivity index (χ1v) is 7.84. The predicted octanol–water partition coefficient (Wildman–Crippen LogP) is 3.54. The van der Waals surface area contributed by atoms with Crippen molar-refractivity contribution in [3.8, 4) is 11.1 Å². The van der Waals surface area contributed by atoms with Crippen LogP contribution in [0, 0.1) is 0 Å². The van der Waals surface area contributed by atoms with Gasteiger partial charge in [0.15, 0.2) is 0 Å². The van der Waals surface area contributed by atoms with E-state index in [0.29, 0.717) is 12.1 Å². The molecule has 110 valence electrons. The SMILES string of the molecule is C[C@@H]1CN(Cc2ccc(-c3ccccc3)cc2)[C@@H](C)CN1. The molecule has 0 radical (unpaired) electrons. The first kappa shape index (κ1) is 14.3. The van der Waals surface area contributed by atoms with Crippen LogP contribution in [0.5, 0.6) is 0 Å². The molecule has 21 heavy (non-hydrogen) atoms. The lowest BCUT2D eigenvalue weighted by Crippen LogP contribution is -2.53. The lowest BCUT2D eigenvalue weighted by Gasteiger charge is -2.37. The Kier molecular flexibility index (Phi) is 4.37. The molecule has 0 amide bonds. The van der Waals surface area contributed by atoms with Gasteiger partial charge in [-0.2, -0.15) is 0 Å². The lowest BCUT2D eigenvalue weighted by atomic mass is 10.0. The minimum atomic E-state index is 0.588. The van der Waals surface area contributed by atoms with Gasteiger partial charge >= 0.3 is 0 Å². The molecule has 2 nitrogen and oxygen atoms in total. The van der Waals surface area contributed by atoms with Crippen molar-refractivity contribution in [2.24, 2.45) is 0 Å². The van der Waals surface area contributed by atoms with Crippen molar-refractivity contribution < 1.29 is 0 Å². The van der Waals surface area contributed by atoms with Crippen LogP contribution in [0.4, 0.5) is 0 Å². The maximum atomic E-state index is 3.54. The molecule has 0 aliphatic carbocycles. The first-order chi connectivity index (χ1) is 10.2. The van der Waals surface area contributed by atoms with Crippen LogP contribution in [0.2, 0.25) is 0 Å². The van der Waals surface area contributed by atoms with Gasteiger partial charge < -0.3 is 5.32 Å². The molecule has 1 fully saturated rings. The molecule has 0 saturated carbocycles. The Morgan fingerprint density at radius 3 is 2.33 bits per heavy atom. The maximum Gasteiger partial charge on any atom is 0.0237 e. The van der Waals surface area contributed by atoms with Gasteiger partial charge in [-0.3, -0.25) is 4.90 Å². The van der Waals surface area contributed by atoms with E-state index in [9.17, 15) is 0 Å². The molecule has 1 saturated heterocycles. The Labute approximate surface area is 127 Å². The Morgan fingerprint density at radius 2 is 1.62 bits per heavy atom. The number of rotatable bonds is 3. The third-order valence-electron chi connectivity index (χ3n) is 4.34. The third kappa shape index (κ3) is 3.52. The highest BCUT2D eigenvalue weighted by atomic mass is 15.2. The van der Waals surface area contributed by atoms with Gasteiger partial charge in [-0.15, -0.1) is 0 Å². The van der Waals surface area contributed by atoms with Crippen LogP contribution in [0.1, 0.15) is 19.4 Å². The molecule has 0 bridgehead atoms. The van der Waals surface area contributed by atoms with Crippen LogP contribution >= 0.6 is 0 Å². The highest BCUT2D eigenvalue weighted by molar-refractivity contribution is 5.63. The van der Waals surface area contributed by atoms with Crippen molar-refractivity contribution in [3.05, 3.63) is 60.2 Å². The van der Waals surface area contributed by atoms with E-state index in [2.05, 4.69) is 78.7 Å². The molecular weight excluding hydrogens is 256 g/mol. The summed E-state index contributed by atoms with van der Waals surface area (Å²) in [6.45, 7) is 7.82. The van der Waals surface area contributed by atoms with Gasteiger partial charge in [-0.1, -0.05) is 54.6 Å². The Morgan fingerprint density at radius 1 is 0.952 bits per heavy atom. The normalized spacial score (nSPS) is 23.1. The number of nitrogens with zero attached hydrogens (tertiary/aromatic N) is 1. The minimum Gasteiger partial charge on any atom is -0.311 e. The molecule has 1 N–H and O–H groups in total. The van der Waals surface area contributed by atoms with Gasteiger partial charge in [0.25, 0.3) is 0 Å². The molecule has 3 rings (SSSR count). The molecular formula is C19H24N2. The summed E-state index contributed by atoms with van der Waals surface area (Å²) < 4.78 is 0. The monoisotopic (exact) mass is 280 g/mol. The van der Waals surface area contributed by atoms with Crippen molar-refractivity contribution in [2.75, 3.05) is 13.1 Å². The number of benzene rings is 2. The summed E-state index contributed by atoms with van der Waals surface area (Å²) in [5.41, 5.74) is 3.98. The summed E-state index contributed by atoms with van der Waals surface area (Å²) >= 11 is 0. The molecule has 1 aliphatic heterocycles. The highest BCUT2D eigenvalue weighted by Crippen LogP contribution is 2.20. The van der Waals surface area contributed by atoms with Crippen molar-refractivity contribution in [1.82, 2.24) is 10.2 Å². The summed E-state index contributed by atoms with van der Waals surface area (Å²) in [5.74, 6) is 0. The summed E-state index contributed by atoms with van der Waals surface area (Å²) in [6, 6.07) is 20.8. The average molecular weight is 280 g/mol. The first-order valence-electron chi connectivity index (χ1n) is 7.84. The molecule has 0 aromatic heterocycles. The van der Waals surface area contributed by atoms with E-state index in [-0.39, 0.29) is 0 Å². The summed E-state index contributed by atoms with van der Waals surface area (Å²) in [6.07, 6.45) is 0. The highest BCUT2D eigenvalue weighted by Gasteiger charge is 2.21. The topological polar surface area (TPSA) is 15.3 Å². The lowest BCUT2D eigenvalue weighted by molar-refractivity contribution is 0.139. The largest absolute Gasteiger partial charge is 0.311 e. The summed E-state index contributed by atoms with van der Waals surface area (Å²) in [7, 11) is 0. The van der Waals surface area contributed by atoms with Crippen molar-refractivity contribution >= 4 is 0 Å². The number of hydrogen-bond acceptors (Lipinski definition) is 2. The molecule has 0 unspecified atom stereocenters. The van der Waals surface area contributed by atoms with Crippen LogP contribution in [-0.2, 0) is 6.54 Å². The van der Waals surface area contributed by atoms with Crippen LogP contribution < -0.4 is 5.32 Å². The molecule has 2 atom stereocenters. The van der Waals surface area contributed by atoms with Gasteiger partial charge in [-0.05, 0) is 30.5 Å². The number of piperazine rings is 1. The van der Waals surface area contributed by atoms with Gasteiger partial charge in [-0.25, -0.2) is 0 Å². The van der Waals surface area contributed by atoms with Crippen molar-refractivity contribution in [1.29, 1.82) is 0 Å². The second kappa shape index (κ2) is 6.42. The van der Waals surface area contributed by atoms with E-state index in [0.717, 1.165) is 19.6 Å². The maximum absolute atomic E-state index is 3.54. The van der Waals surface area contributed by atoms with E-state index in [1.54, 1.807) is 0 Å². The molecule has 2 heteroatoms. The predicted molar refractivity (Wildman–Crippen MR) is 89.2 cm³/mol. The zero-order chi connectivity index (χ0) is 14.7. The number of nitrogens with one attached hydrogen (secondary N) is 1. The molecule has 1 heterocycles. The molecule has 2 aromatic rings. The van der Waals surface area contributed by atoms with Gasteiger partial charge in [0.05, 0.1) is 0 Å². The fourth-order valence-corrected chi connectivity index (χ4v) is 2.99. The standard InChI is InChI=1S/C19H24N2/c1-15-13-21(16(2)12-20-15)14-17-8-10-19(11-9-17)18-6-4-3-5-7-18/h3-11,15-16,20H,12-14H2,1-2H3/t15-,16+/m1/s1. The summed E-state index contributed by atoms with van der Waals surface area (Å²) in [4.78, 5) is 2.57. The zero-order valence-corrected chi connectivity index (χ0v) is 12.9. The molecule has 2 aromatic carbocycles. The second-order valence-electron chi connectivity index (χ2n) is 6.15. The van der Waals surface area contributed by atoms with Gasteiger partial charge in [0.1, 0.15) is 0 Å². The Hall–Kier alpha value is -1.64. The van der Waals surface area contributed by atoms with E-state index < -0.39 is 0 Å². The molecule has 1 aliphatic rings. The number of hydrogen-bond donors (Lipinski definition) is 1. The van der Waals surface area contributed by atoms with Crippen molar-refractivity contribution in [2.45, 2.75) is 32.5 Å². The van der Waals surface area contributed by atoms with E-state index in [1.807, 2.05) is 0 Å². The van der Waals surface area contributed by atoms with Gasteiger partial charge in [0, 0.05) is 31.7 Å².